The summed E-state index contributed by atoms with van der Waals surface area (Å²) in [7, 11) is 0. The number of hydrogen-bond acceptors (Lipinski definition) is 6. The highest BCUT2D eigenvalue weighted by Gasteiger charge is 2.30. The normalized spacial score (nSPS) is 20.4. The molecule has 19 heavy (non-hydrogen) atoms. The van der Waals surface area contributed by atoms with Crippen LogP contribution in [-0.2, 0) is 4.74 Å². The van der Waals surface area contributed by atoms with Crippen molar-refractivity contribution in [2.75, 3.05) is 19.6 Å². The second-order valence-corrected chi connectivity index (χ2v) is 5.59. The topological polar surface area (TPSA) is 80.5 Å². The first-order chi connectivity index (χ1) is 8.85. The maximum atomic E-state index is 12.0. The summed E-state index contributed by atoms with van der Waals surface area (Å²) in [5, 5.41) is 11.0. The molecule has 1 aliphatic rings. The fourth-order valence-electron chi connectivity index (χ4n) is 1.86. The van der Waals surface area contributed by atoms with Gasteiger partial charge in [-0.3, -0.25) is 0 Å². The Balaban J connectivity index is 1.99. The van der Waals surface area contributed by atoms with Crippen LogP contribution in [0.2, 0.25) is 0 Å². The molecule has 0 aliphatic carbocycles. The van der Waals surface area contributed by atoms with Gasteiger partial charge in [-0.2, -0.15) is 0 Å². The van der Waals surface area contributed by atoms with E-state index in [1.54, 1.807) is 11.8 Å². The summed E-state index contributed by atoms with van der Waals surface area (Å²) in [5.41, 5.74) is -0.488. The quantitative estimate of drug-likeness (QED) is 0.826. The van der Waals surface area contributed by atoms with Gasteiger partial charge in [-0.1, -0.05) is 0 Å². The van der Waals surface area contributed by atoms with Crippen molar-refractivity contribution in [1.82, 2.24) is 20.4 Å². The molecule has 0 unspecified atom stereocenters. The summed E-state index contributed by atoms with van der Waals surface area (Å²) in [6, 6.07) is -0.137. The van der Waals surface area contributed by atoms with Crippen LogP contribution in [0.4, 0.5) is 4.79 Å². The van der Waals surface area contributed by atoms with Gasteiger partial charge in [0, 0.05) is 26.6 Å². The summed E-state index contributed by atoms with van der Waals surface area (Å²) in [5.74, 6) is 1.02. The van der Waals surface area contributed by atoms with Crippen molar-refractivity contribution in [3.8, 4) is 0 Å². The third-order valence-corrected chi connectivity index (χ3v) is 2.67. The van der Waals surface area contributed by atoms with Crippen LogP contribution in [0.15, 0.2) is 4.42 Å². The summed E-state index contributed by atoms with van der Waals surface area (Å²) in [4.78, 5) is 13.7. The van der Waals surface area contributed by atoms with Gasteiger partial charge in [-0.15, -0.1) is 10.2 Å². The lowest BCUT2D eigenvalue weighted by molar-refractivity contribution is 0.0186. The number of aryl methyl sites for hydroxylation is 1. The van der Waals surface area contributed by atoms with E-state index in [1.165, 1.54) is 0 Å². The Labute approximate surface area is 112 Å². The zero-order valence-electron chi connectivity index (χ0n) is 11.8. The Morgan fingerprint density at radius 2 is 2.21 bits per heavy atom. The molecule has 1 atom stereocenters. The third kappa shape index (κ3) is 3.66. The van der Waals surface area contributed by atoms with E-state index >= 15 is 0 Å². The minimum Gasteiger partial charge on any atom is -0.444 e. The summed E-state index contributed by atoms with van der Waals surface area (Å²) in [6.07, 6.45) is -0.310. The number of nitrogens with zero attached hydrogens (tertiary/aromatic N) is 3. The number of carbonyl (C=O) groups excluding carboxylic acids is 1. The van der Waals surface area contributed by atoms with E-state index < -0.39 is 5.60 Å². The predicted molar refractivity (Wildman–Crippen MR) is 67.6 cm³/mol. The van der Waals surface area contributed by atoms with Crippen LogP contribution in [0.1, 0.15) is 38.6 Å². The first kappa shape index (κ1) is 13.8. The Bertz CT molecular complexity index is 452. The molecule has 1 aromatic rings. The molecule has 0 spiro atoms. The average molecular weight is 268 g/mol. The molecule has 0 saturated carbocycles. The molecule has 0 radical (unpaired) electrons. The smallest absolute Gasteiger partial charge is 0.410 e. The molecule has 2 heterocycles. The van der Waals surface area contributed by atoms with Gasteiger partial charge in [0.1, 0.15) is 11.6 Å². The van der Waals surface area contributed by atoms with Crippen molar-refractivity contribution >= 4 is 6.09 Å². The lowest BCUT2D eigenvalue weighted by Crippen LogP contribution is -2.49. The molecule has 106 valence electrons. The molecule has 2 rings (SSSR count). The van der Waals surface area contributed by atoms with Crippen LogP contribution in [0.3, 0.4) is 0 Å². The maximum absolute atomic E-state index is 12.0. The molecule has 1 fully saturated rings. The van der Waals surface area contributed by atoms with E-state index in [0.717, 1.165) is 0 Å². The predicted octanol–water partition coefficient (Wildman–Crippen LogP) is 1.26. The van der Waals surface area contributed by atoms with Gasteiger partial charge in [0.2, 0.25) is 11.8 Å². The second-order valence-electron chi connectivity index (χ2n) is 5.59. The summed E-state index contributed by atoms with van der Waals surface area (Å²) >= 11 is 0. The fraction of sp³-hybridized carbons (Fsp3) is 0.750. The van der Waals surface area contributed by atoms with Crippen LogP contribution in [0.5, 0.6) is 0 Å². The van der Waals surface area contributed by atoms with E-state index in [-0.39, 0.29) is 12.1 Å². The van der Waals surface area contributed by atoms with E-state index in [2.05, 4.69) is 15.5 Å². The average Bonchev–Trinajstić information content (AvgIpc) is 2.74. The Hall–Kier alpha value is -1.63. The van der Waals surface area contributed by atoms with Gasteiger partial charge >= 0.3 is 6.09 Å². The van der Waals surface area contributed by atoms with Crippen molar-refractivity contribution in [2.45, 2.75) is 39.3 Å². The Kier molecular flexibility index (Phi) is 3.75. The van der Waals surface area contributed by atoms with E-state index in [1.807, 2.05) is 20.8 Å². The van der Waals surface area contributed by atoms with Gasteiger partial charge in [0.25, 0.3) is 0 Å². The van der Waals surface area contributed by atoms with Crippen LogP contribution in [0.25, 0.3) is 0 Å². The molecular formula is C12H20N4O3. The number of rotatable bonds is 1. The Morgan fingerprint density at radius 1 is 1.47 bits per heavy atom. The lowest BCUT2D eigenvalue weighted by atomic mass is 10.2. The van der Waals surface area contributed by atoms with Gasteiger partial charge in [-0.05, 0) is 20.8 Å². The molecule has 1 aliphatic heterocycles. The Morgan fingerprint density at radius 3 is 2.79 bits per heavy atom. The van der Waals surface area contributed by atoms with Crippen LogP contribution >= 0.6 is 0 Å². The zero-order valence-corrected chi connectivity index (χ0v) is 11.8. The van der Waals surface area contributed by atoms with Crippen molar-refractivity contribution in [3.05, 3.63) is 11.8 Å². The minimum absolute atomic E-state index is 0.137. The molecule has 1 amide bonds. The van der Waals surface area contributed by atoms with Crippen LogP contribution in [-0.4, -0.2) is 46.4 Å². The maximum Gasteiger partial charge on any atom is 0.410 e. The standard InChI is InChI=1S/C12H20N4O3/c1-8-14-15-10(18-8)9-7-16(6-5-13-9)11(17)19-12(2,3)4/h9,13H,5-7H2,1-4H3/t9-/m1/s1. The highest BCUT2D eigenvalue weighted by molar-refractivity contribution is 5.68. The number of carbonyl (C=O) groups is 1. The number of amides is 1. The van der Waals surface area contributed by atoms with E-state index in [4.69, 9.17) is 9.15 Å². The van der Waals surface area contributed by atoms with Gasteiger partial charge in [-0.25, -0.2) is 4.79 Å². The van der Waals surface area contributed by atoms with E-state index in [9.17, 15) is 4.79 Å². The van der Waals surface area contributed by atoms with Crippen molar-refractivity contribution in [3.63, 3.8) is 0 Å². The second kappa shape index (κ2) is 5.16. The van der Waals surface area contributed by atoms with Crippen molar-refractivity contribution in [2.24, 2.45) is 0 Å². The monoisotopic (exact) mass is 268 g/mol. The molecule has 1 aromatic heterocycles. The van der Waals surface area contributed by atoms with Gasteiger partial charge < -0.3 is 19.4 Å². The van der Waals surface area contributed by atoms with Gasteiger partial charge in [0.05, 0.1) is 0 Å². The molecule has 1 N–H and O–H groups in total. The van der Waals surface area contributed by atoms with Crippen LogP contribution in [0, 0.1) is 6.92 Å². The zero-order chi connectivity index (χ0) is 14.0. The van der Waals surface area contributed by atoms with Crippen LogP contribution < -0.4 is 5.32 Å². The summed E-state index contributed by atoms with van der Waals surface area (Å²) < 4.78 is 10.7. The number of aromatic nitrogens is 2. The molecule has 7 heteroatoms. The third-order valence-electron chi connectivity index (χ3n) is 2.67. The highest BCUT2D eigenvalue weighted by Crippen LogP contribution is 2.18. The molecular weight excluding hydrogens is 248 g/mol. The summed E-state index contributed by atoms with van der Waals surface area (Å²) in [6.45, 7) is 9.05. The lowest BCUT2D eigenvalue weighted by Gasteiger charge is -2.33. The number of ether oxygens (including phenoxy) is 1. The van der Waals surface area contributed by atoms with Gasteiger partial charge in [0.15, 0.2) is 0 Å². The first-order valence-electron chi connectivity index (χ1n) is 6.36. The largest absolute Gasteiger partial charge is 0.444 e. The molecule has 1 saturated heterocycles. The van der Waals surface area contributed by atoms with Crippen molar-refractivity contribution < 1.29 is 13.9 Å². The molecule has 0 aromatic carbocycles. The molecule has 0 bridgehead atoms. The fourth-order valence-corrected chi connectivity index (χ4v) is 1.86. The highest BCUT2D eigenvalue weighted by atomic mass is 16.6. The van der Waals surface area contributed by atoms with E-state index in [0.29, 0.717) is 31.4 Å². The first-order valence-corrected chi connectivity index (χ1v) is 6.36. The minimum atomic E-state index is -0.488. The van der Waals surface area contributed by atoms with Crippen molar-refractivity contribution in [1.29, 1.82) is 0 Å². The number of hydrogen-bond donors (Lipinski definition) is 1. The SMILES string of the molecule is Cc1nnc([C@H]2CN(C(=O)OC(C)(C)C)CCN2)o1. The number of nitrogens with one attached hydrogen (secondary N) is 1. The molecule has 7 nitrogen and oxygen atoms in total. The number of piperazine rings is 1.